The Bertz CT molecular complexity index is 910. The summed E-state index contributed by atoms with van der Waals surface area (Å²) in [5.74, 6) is 1.54. The van der Waals surface area contributed by atoms with Crippen LogP contribution in [0.2, 0.25) is 0 Å². The van der Waals surface area contributed by atoms with E-state index in [0.717, 1.165) is 60.4 Å². The predicted molar refractivity (Wildman–Crippen MR) is 113 cm³/mol. The van der Waals surface area contributed by atoms with Crippen LogP contribution >= 0.6 is 11.8 Å². The number of nitrogens with zero attached hydrogens (tertiary/aromatic N) is 4. The van der Waals surface area contributed by atoms with Gasteiger partial charge in [0.25, 0.3) is 0 Å². The smallest absolute Gasteiger partial charge is 0.134 e. The summed E-state index contributed by atoms with van der Waals surface area (Å²) in [6.45, 7) is 6.38. The highest BCUT2D eigenvalue weighted by atomic mass is 32.2. The third-order valence-corrected chi connectivity index (χ3v) is 6.28. The van der Waals surface area contributed by atoms with Crippen molar-refractivity contribution in [3.63, 3.8) is 0 Å². The summed E-state index contributed by atoms with van der Waals surface area (Å²) in [5.41, 5.74) is 3.15. The highest BCUT2D eigenvalue weighted by molar-refractivity contribution is 7.98. The molecule has 0 spiro atoms. The largest absolute Gasteiger partial charge is 0.374 e. The molecule has 0 aliphatic carbocycles. The maximum Gasteiger partial charge on any atom is 0.134 e. The first kappa shape index (κ1) is 20.1. The molecule has 4 rings (SSSR count). The van der Waals surface area contributed by atoms with Crippen molar-refractivity contribution in [1.29, 1.82) is 0 Å². The minimum Gasteiger partial charge on any atom is -0.374 e. The molecule has 6 nitrogen and oxygen atoms in total. The maximum absolute atomic E-state index is 11.1. The van der Waals surface area contributed by atoms with Gasteiger partial charge in [0.1, 0.15) is 12.0 Å². The van der Waals surface area contributed by atoms with Gasteiger partial charge < -0.3 is 9.63 Å². The number of hydrogen-bond acceptors (Lipinski definition) is 7. The van der Waals surface area contributed by atoms with Gasteiger partial charge in [-0.15, -0.1) is 11.8 Å². The SMILES string of the molecule is Cc1cc(CSc2ccccc2C(O)N2CCN(Cc3ccncc3)CC2)no1. The van der Waals surface area contributed by atoms with Gasteiger partial charge in [0, 0.05) is 67.4 Å². The standard InChI is InChI=1S/C22H26N4O2S/c1-17-14-19(24-28-17)16-29-21-5-3-2-4-20(21)22(27)26-12-10-25(11-13-26)15-18-6-8-23-9-7-18/h2-9,14,22,27H,10-13,15-16H2,1H3. The number of aromatic nitrogens is 2. The van der Waals surface area contributed by atoms with Gasteiger partial charge in [0.15, 0.2) is 0 Å². The van der Waals surface area contributed by atoms with Gasteiger partial charge in [-0.25, -0.2) is 0 Å². The average Bonchev–Trinajstić information content (AvgIpc) is 3.18. The topological polar surface area (TPSA) is 65.6 Å². The number of benzene rings is 1. The molecule has 1 aliphatic rings. The minimum atomic E-state index is -0.596. The fourth-order valence-electron chi connectivity index (χ4n) is 3.57. The Kier molecular flexibility index (Phi) is 6.61. The molecule has 3 heterocycles. The van der Waals surface area contributed by atoms with Gasteiger partial charge in [0.05, 0.1) is 5.69 Å². The fourth-order valence-corrected chi connectivity index (χ4v) is 4.53. The van der Waals surface area contributed by atoms with Crippen LogP contribution in [0.25, 0.3) is 0 Å². The van der Waals surface area contributed by atoms with Crippen LogP contribution in [-0.4, -0.2) is 51.2 Å². The van der Waals surface area contributed by atoms with Crippen molar-refractivity contribution in [2.45, 2.75) is 30.3 Å². The van der Waals surface area contributed by atoms with Crippen LogP contribution in [0, 0.1) is 6.92 Å². The highest BCUT2D eigenvalue weighted by Gasteiger charge is 2.25. The van der Waals surface area contributed by atoms with Crippen LogP contribution in [0.4, 0.5) is 0 Å². The van der Waals surface area contributed by atoms with Crippen LogP contribution in [0.15, 0.2) is 64.3 Å². The van der Waals surface area contributed by atoms with E-state index in [4.69, 9.17) is 4.52 Å². The summed E-state index contributed by atoms with van der Waals surface area (Å²) in [5, 5.41) is 15.1. The molecule has 1 fully saturated rings. The van der Waals surface area contributed by atoms with Crippen LogP contribution < -0.4 is 0 Å². The van der Waals surface area contributed by atoms with E-state index in [1.54, 1.807) is 11.8 Å². The predicted octanol–water partition coefficient (Wildman–Crippen LogP) is 3.48. The summed E-state index contributed by atoms with van der Waals surface area (Å²) in [6, 6.07) is 14.2. The minimum absolute atomic E-state index is 0.596. The Balaban J connectivity index is 1.35. The number of aryl methyl sites for hydroxylation is 1. The van der Waals surface area contributed by atoms with Crippen molar-refractivity contribution >= 4 is 11.8 Å². The molecule has 1 N–H and O–H groups in total. The molecule has 1 atom stereocenters. The summed E-state index contributed by atoms with van der Waals surface area (Å²) >= 11 is 1.68. The number of piperazine rings is 1. The monoisotopic (exact) mass is 410 g/mol. The second-order valence-corrected chi connectivity index (χ2v) is 8.31. The molecular weight excluding hydrogens is 384 g/mol. The average molecular weight is 411 g/mol. The Hall–Kier alpha value is -2.19. The van der Waals surface area contributed by atoms with Crippen LogP contribution in [0.5, 0.6) is 0 Å². The number of thioether (sulfide) groups is 1. The molecule has 1 aromatic carbocycles. The van der Waals surface area contributed by atoms with Crippen LogP contribution in [0.3, 0.4) is 0 Å². The van der Waals surface area contributed by atoms with Crippen molar-refractivity contribution < 1.29 is 9.63 Å². The highest BCUT2D eigenvalue weighted by Crippen LogP contribution is 2.32. The number of pyridine rings is 1. The molecule has 2 aromatic heterocycles. The first-order valence-corrected chi connectivity index (χ1v) is 10.8. The second kappa shape index (κ2) is 9.54. The molecular formula is C22H26N4O2S. The molecule has 0 amide bonds. The summed E-state index contributed by atoms with van der Waals surface area (Å²) in [7, 11) is 0. The number of aliphatic hydroxyl groups excluding tert-OH is 1. The van der Waals surface area contributed by atoms with Gasteiger partial charge in [0.2, 0.25) is 0 Å². The molecule has 0 bridgehead atoms. The third kappa shape index (κ3) is 5.25. The van der Waals surface area contributed by atoms with Crippen molar-refractivity contribution in [3.05, 3.63) is 77.4 Å². The molecule has 3 aromatic rings. The van der Waals surface area contributed by atoms with E-state index in [1.807, 2.05) is 43.6 Å². The van der Waals surface area contributed by atoms with Crippen molar-refractivity contribution in [3.8, 4) is 0 Å². The normalized spacial score (nSPS) is 16.8. The molecule has 152 valence electrons. The van der Waals surface area contributed by atoms with Gasteiger partial charge >= 0.3 is 0 Å². The lowest BCUT2D eigenvalue weighted by atomic mass is 10.1. The van der Waals surface area contributed by atoms with Gasteiger partial charge in [-0.05, 0) is 30.7 Å². The number of hydrogen-bond donors (Lipinski definition) is 1. The van der Waals surface area contributed by atoms with Gasteiger partial charge in [-0.2, -0.15) is 0 Å². The van der Waals surface area contributed by atoms with Crippen molar-refractivity contribution in [2.24, 2.45) is 0 Å². The molecule has 0 radical (unpaired) electrons. The zero-order valence-corrected chi connectivity index (χ0v) is 17.4. The first-order chi connectivity index (χ1) is 14.2. The van der Waals surface area contributed by atoms with Crippen molar-refractivity contribution in [1.82, 2.24) is 19.9 Å². The molecule has 1 unspecified atom stereocenters. The van der Waals surface area contributed by atoms with E-state index in [9.17, 15) is 5.11 Å². The van der Waals surface area contributed by atoms with E-state index in [-0.39, 0.29) is 0 Å². The number of aliphatic hydroxyl groups is 1. The van der Waals surface area contributed by atoms with E-state index in [2.05, 4.69) is 38.1 Å². The van der Waals surface area contributed by atoms with Crippen molar-refractivity contribution in [2.75, 3.05) is 26.2 Å². The van der Waals surface area contributed by atoms with E-state index < -0.39 is 6.23 Å². The number of rotatable bonds is 7. The lowest BCUT2D eigenvalue weighted by Crippen LogP contribution is -2.47. The molecule has 1 aliphatic heterocycles. The fraction of sp³-hybridized carbons (Fsp3) is 0.364. The summed E-state index contributed by atoms with van der Waals surface area (Å²) in [6.07, 6.45) is 3.08. The Morgan fingerprint density at radius 2 is 1.86 bits per heavy atom. The molecule has 1 saturated heterocycles. The van der Waals surface area contributed by atoms with Gasteiger partial charge in [-0.1, -0.05) is 23.4 Å². The first-order valence-electron chi connectivity index (χ1n) is 9.86. The quantitative estimate of drug-likeness (QED) is 0.598. The van der Waals surface area contributed by atoms with E-state index in [0.29, 0.717) is 0 Å². The molecule has 29 heavy (non-hydrogen) atoms. The van der Waals surface area contributed by atoms with E-state index >= 15 is 0 Å². The van der Waals surface area contributed by atoms with E-state index in [1.165, 1.54) is 5.56 Å². The second-order valence-electron chi connectivity index (χ2n) is 7.30. The third-order valence-electron chi connectivity index (χ3n) is 5.16. The molecule has 7 heteroatoms. The van der Waals surface area contributed by atoms with Crippen LogP contribution in [-0.2, 0) is 12.3 Å². The lowest BCUT2D eigenvalue weighted by Gasteiger charge is -2.37. The summed E-state index contributed by atoms with van der Waals surface area (Å²) < 4.78 is 5.15. The Morgan fingerprint density at radius 1 is 1.10 bits per heavy atom. The Labute approximate surface area is 175 Å². The molecule has 0 saturated carbocycles. The Morgan fingerprint density at radius 3 is 2.59 bits per heavy atom. The lowest BCUT2D eigenvalue weighted by molar-refractivity contribution is -0.0301. The zero-order valence-electron chi connectivity index (χ0n) is 16.6. The zero-order chi connectivity index (χ0) is 20.1. The maximum atomic E-state index is 11.1. The van der Waals surface area contributed by atoms with Gasteiger partial charge in [-0.3, -0.25) is 14.8 Å². The van der Waals surface area contributed by atoms with Crippen LogP contribution in [0.1, 0.15) is 28.8 Å². The summed E-state index contributed by atoms with van der Waals surface area (Å²) in [4.78, 5) is 9.74.